The van der Waals surface area contributed by atoms with Crippen LogP contribution in [0.3, 0.4) is 0 Å². The van der Waals surface area contributed by atoms with Crippen LogP contribution in [-0.4, -0.2) is 59.1 Å². The van der Waals surface area contributed by atoms with Crippen molar-refractivity contribution in [3.63, 3.8) is 0 Å². The number of fused-ring (bicyclic) bond motifs is 1. The number of hydrogen-bond donors (Lipinski definition) is 3. The second kappa shape index (κ2) is 10.0. The number of anilines is 5. The Hall–Kier alpha value is -4.05. The quantitative estimate of drug-likeness (QED) is 0.387. The fourth-order valence-corrected chi connectivity index (χ4v) is 5.12. The van der Waals surface area contributed by atoms with Crippen molar-refractivity contribution in [3.8, 4) is 5.75 Å². The largest absolute Gasteiger partial charge is 0.494 e. The van der Waals surface area contributed by atoms with E-state index in [1.165, 1.54) is 6.20 Å². The summed E-state index contributed by atoms with van der Waals surface area (Å²) in [6.07, 6.45) is 2.93. The summed E-state index contributed by atoms with van der Waals surface area (Å²) in [6, 6.07) is 11.3. The van der Waals surface area contributed by atoms with E-state index in [2.05, 4.69) is 25.5 Å². The van der Waals surface area contributed by atoms with Gasteiger partial charge in [-0.2, -0.15) is 4.98 Å². The summed E-state index contributed by atoms with van der Waals surface area (Å²) in [5.41, 5.74) is 2.90. The molecular weight excluding hydrogens is 508 g/mol. The minimum Gasteiger partial charge on any atom is -0.494 e. The number of rotatable bonds is 7. The molecule has 3 N–H and O–H groups in total. The molecular formula is C27H29ClN6O4. The van der Waals surface area contributed by atoms with Crippen LogP contribution in [-0.2, 0) is 11.3 Å². The number of piperidine rings is 1. The predicted octanol–water partition coefficient (Wildman–Crippen LogP) is 4.90. The maximum absolute atomic E-state index is 12.6. The first-order valence-corrected chi connectivity index (χ1v) is 12.7. The Balaban J connectivity index is 1.38. The third-order valence-corrected chi connectivity index (χ3v) is 7.40. The summed E-state index contributed by atoms with van der Waals surface area (Å²) in [5, 5.41) is 16.3. The number of aromatic nitrogens is 2. The number of benzene rings is 2. The van der Waals surface area contributed by atoms with E-state index in [9.17, 15) is 14.7 Å². The van der Waals surface area contributed by atoms with Crippen molar-refractivity contribution in [1.29, 1.82) is 0 Å². The first kappa shape index (κ1) is 25.6. The van der Waals surface area contributed by atoms with Crippen LogP contribution in [0, 0.1) is 5.41 Å². The molecule has 1 fully saturated rings. The Morgan fingerprint density at radius 1 is 1.21 bits per heavy atom. The van der Waals surface area contributed by atoms with Crippen LogP contribution in [0.15, 0.2) is 42.6 Å². The number of aliphatic carboxylic acids is 1. The smallest absolute Gasteiger partial charge is 0.311 e. The van der Waals surface area contributed by atoms with Gasteiger partial charge in [-0.15, -0.1) is 0 Å². The minimum atomic E-state index is -0.790. The van der Waals surface area contributed by atoms with E-state index in [1.54, 1.807) is 26.0 Å². The van der Waals surface area contributed by atoms with Crippen LogP contribution in [0.2, 0.25) is 5.02 Å². The Labute approximate surface area is 225 Å². The number of amides is 1. The van der Waals surface area contributed by atoms with Crippen molar-refractivity contribution in [3.05, 3.63) is 58.7 Å². The van der Waals surface area contributed by atoms with Gasteiger partial charge in [0, 0.05) is 38.4 Å². The molecule has 1 aromatic heterocycles. The lowest BCUT2D eigenvalue weighted by molar-refractivity contribution is -0.148. The average molecular weight is 537 g/mol. The van der Waals surface area contributed by atoms with E-state index in [1.807, 2.05) is 36.4 Å². The number of carbonyl (C=O) groups excluding carboxylic acids is 1. The molecule has 198 valence electrons. The van der Waals surface area contributed by atoms with Gasteiger partial charge in [0.1, 0.15) is 10.8 Å². The molecule has 3 aromatic rings. The number of methoxy groups -OCH3 is 1. The molecule has 3 heterocycles. The number of nitrogens with zero attached hydrogens (tertiary/aromatic N) is 4. The van der Waals surface area contributed by atoms with Gasteiger partial charge in [-0.1, -0.05) is 23.7 Å². The van der Waals surface area contributed by atoms with Crippen molar-refractivity contribution in [1.82, 2.24) is 14.9 Å². The second-order valence-corrected chi connectivity index (χ2v) is 10.3. The summed E-state index contributed by atoms with van der Waals surface area (Å²) in [5.74, 6) is 0.363. The first-order chi connectivity index (χ1) is 18.2. The van der Waals surface area contributed by atoms with Gasteiger partial charge in [-0.25, -0.2) is 4.98 Å². The molecule has 10 nitrogen and oxygen atoms in total. The van der Waals surface area contributed by atoms with Crippen molar-refractivity contribution < 1.29 is 19.4 Å². The highest BCUT2D eigenvalue weighted by Gasteiger charge is 2.38. The lowest BCUT2D eigenvalue weighted by atomic mass is 9.82. The lowest BCUT2D eigenvalue weighted by Crippen LogP contribution is -2.46. The van der Waals surface area contributed by atoms with E-state index in [0.717, 1.165) is 24.2 Å². The number of halogens is 1. The van der Waals surface area contributed by atoms with Gasteiger partial charge in [0.05, 0.1) is 35.7 Å². The van der Waals surface area contributed by atoms with Crippen molar-refractivity contribution in [2.75, 3.05) is 42.8 Å². The zero-order valence-electron chi connectivity index (χ0n) is 21.4. The average Bonchev–Trinajstić information content (AvgIpc) is 3.20. The van der Waals surface area contributed by atoms with Gasteiger partial charge in [0.2, 0.25) is 5.95 Å². The Morgan fingerprint density at radius 3 is 2.79 bits per heavy atom. The third kappa shape index (κ3) is 4.79. The minimum absolute atomic E-state index is 0.0613. The van der Waals surface area contributed by atoms with Crippen molar-refractivity contribution >= 4 is 52.3 Å². The van der Waals surface area contributed by atoms with Crippen LogP contribution in [0.1, 0.15) is 35.7 Å². The maximum atomic E-state index is 12.6. The summed E-state index contributed by atoms with van der Waals surface area (Å²) >= 11 is 6.39. The number of hydrogen-bond acceptors (Lipinski definition) is 8. The van der Waals surface area contributed by atoms with E-state index in [4.69, 9.17) is 16.3 Å². The molecule has 38 heavy (non-hydrogen) atoms. The summed E-state index contributed by atoms with van der Waals surface area (Å²) < 4.78 is 5.63. The predicted molar refractivity (Wildman–Crippen MR) is 146 cm³/mol. The van der Waals surface area contributed by atoms with Gasteiger partial charge < -0.3 is 30.3 Å². The van der Waals surface area contributed by atoms with Crippen LogP contribution < -0.4 is 20.3 Å². The SMILES string of the molecule is COc1cc(N2CCC[C@@](C)(C(=O)O)C2)ccc1Nc1ncc(Cl)c(Nc2cccc3c2C(=O)N(C)C3)n1. The van der Waals surface area contributed by atoms with Crippen molar-refractivity contribution in [2.45, 2.75) is 26.3 Å². The fraction of sp³-hybridized carbons (Fsp3) is 0.333. The van der Waals surface area contributed by atoms with Crippen LogP contribution >= 0.6 is 11.6 Å². The maximum Gasteiger partial charge on any atom is 0.311 e. The standard InChI is InChI=1S/C27H29ClN6O4/c1-27(25(36)37)10-5-11-34(15-27)17-8-9-19(21(12-17)38-3)31-26-29-13-18(28)23(32-26)30-20-7-4-6-16-14-33(2)24(35)22(16)20/h4,6-9,12-13H,5,10-11,14-15H2,1-3H3,(H,36,37)(H2,29,30,31,32)/t27-/m1/s1. The number of nitrogens with one attached hydrogen (secondary N) is 2. The molecule has 5 rings (SSSR count). The Kier molecular flexibility index (Phi) is 6.75. The summed E-state index contributed by atoms with van der Waals surface area (Å²) in [7, 11) is 3.34. The molecule has 2 aliphatic heterocycles. The van der Waals surface area contributed by atoms with Gasteiger partial charge in [-0.3, -0.25) is 9.59 Å². The number of ether oxygens (including phenoxy) is 1. The fourth-order valence-electron chi connectivity index (χ4n) is 4.98. The highest BCUT2D eigenvalue weighted by atomic mass is 35.5. The number of carbonyl (C=O) groups is 2. The van der Waals surface area contributed by atoms with Gasteiger partial charge in [0.15, 0.2) is 5.82 Å². The Morgan fingerprint density at radius 2 is 2.03 bits per heavy atom. The van der Waals surface area contributed by atoms with E-state index >= 15 is 0 Å². The lowest BCUT2D eigenvalue weighted by Gasteiger charge is -2.39. The monoisotopic (exact) mass is 536 g/mol. The highest BCUT2D eigenvalue weighted by molar-refractivity contribution is 6.33. The molecule has 0 bridgehead atoms. The molecule has 1 saturated heterocycles. The van der Waals surface area contributed by atoms with Gasteiger partial charge in [-0.05, 0) is 43.5 Å². The highest BCUT2D eigenvalue weighted by Crippen LogP contribution is 2.37. The molecule has 2 aromatic carbocycles. The van der Waals surface area contributed by atoms with Crippen LogP contribution in [0.4, 0.5) is 28.8 Å². The summed E-state index contributed by atoms with van der Waals surface area (Å²) in [6.45, 7) is 3.54. The topological polar surface area (TPSA) is 120 Å². The molecule has 0 aliphatic carbocycles. The molecule has 2 aliphatic rings. The normalized spacial score (nSPS) is 18.8. The van der Waals surface area contributed by atoms with Gasteiger partial charge in [0.25, 0.3) is 5.91 Å². The zero-order chi connectivity index (χ0) is 27.0. The Bertz CT molecular complexity index is 1420. The number of carboxylic acids is 1. The zero-order valence-corrected chi connectivity index (χ0v) is 22.2. The molecule has 11 heteroatoms. The number of carboxylic acid groups (broad SMARTS) is 1. The van der Waals surface area contributed by atoms with Crippen LogP contribution in [0.25, 0.3) is 0 Å². The molecule has 1 amide bonds. The summed E-state index contributed by atoms with van der Waals surface area (Å²) in [4.78, 5) is 37.0. The molecule has 0 spiro atoms. The molecule has 0 unspecified atom stereocenters. The molecule has 1 atom stereocenters. The van der Waals surface area contributed by atoms with Gasteiger partial charge >= 0.3 is 5.97 Å². The third-order valence-electron chi connectivity index (χ3n) is 7.13. The van der Waals surface area contributed by atoms with Crippen LogP contribution in [0.5, 0.6) is 5.75 Å². The second-order valence-electron chi connectivity index (χ2n) is 9.92. The molecule has 0 radical (unpaired) electrons. The van der Waals surface area contributed by atoms with E-state index < -0.39 is 11.4 Å². The molecule has 0 saturated carbocycles. The van der Waals surface area contributed by atoms with Crippen molar-refractivity contribution in [2.24, 2.45) is 5.41 Å². The van der Waals surface area contributed by atoms with E-state index in [0.29, 0.717) is 53.0 Å². The first-order valence-electron chi connectivity index (χ1n) is 12.3. The van der Waals surface area contributed by atoms with E-state index in [-0.39, 0.29) is 11.9 Å².